The van der Waals surface area contributed by atoms with Crippen molar-refractivity contribution in [2.75, 3.05) is 5.32 Å². The van der Waals surface area contributed by atoms with Gasteiger partial charge < -0.3 is 5.32 Å². The minimum atomic E-state index is 0.225. The van der Waals surface area contributed by atoms with Crippen LogP contribution in [-0.4, -0.2) is 19.7 Å². The molecule has 0 unspecified atom stereocenters. The molecular formula is C18H22ClN5. The summed E-state index contributed by atoms with van der Waals surface area (Å²) in [6.07, 6.45) is 1.72. The lowest BCUT2D eigenvalue weighted by Crippen LogP contribution is -2.04. The first-order valence-electron chi connectivity index (χ1n) is 8.13. The molecule has 2 aromatic heterocycles. The van der Waals surface area contributed by atoms with Gasteiger partial charge in [0, 0.05) is 18.9 Å². The number of anilines is 2. The summed E-state index contributed by atoms with van der Waals surface area (Å²) < 4.78 is 1.72. The fourth-order valence-electron chi connectivity index (χ4n) is 2.92. The van der Waals surface area contributed by atoms with Crippen molar-refractivity contribution in [3.05, 3.63) is 40.8 Å². The summed E-state index contributed by atoms with van der Waals surface area (Å²) in [5.41, 5.74) is 4.38. The Morgan fingerprint density at radius 1 is 1.08 bits per heavy atom. The number of rotatable bonds is 4. The quantitative estimate of drug-likeness (QED) is 0.677. The largest absolute Gasteiger partial charge is 0.338 e. The Bertz CT molecular complexity index is 856. The van der Waals surface area contributed by atoms with Gasteiger partial charge in [0.05, 0.1) is 5.39 Å². The molecule has 126 valence electrons. The highest BCUT2D eigenvalue weighted by atomic mass is 35.5. The highest BCUT2D eigenvalue weighted by Crippen LogP contribution is 2.35. The van der Waals surface area contributed by atoms with Crippen molar-refractivity contribution in [2.24, 2.45) is 7.05 Å². The van der Waals surface area contributed by atoms with Gasteiger partial charge >= 0.3 is 0 Å². The van der Waals surface area contributed by atoms with E-state index in [4.69, 9.17) is 11.6 Å². The molecule has 0 aliphatic heterocycles. The van der Waals surface area contributed by atoms with Crippen molar-refractivity contribution in [3.8, 4) is 0 Å². The summed E-state index contributed by atoms with van der Waals surface area (Å²) >= 11 is 5.91. The molecular weight excluding hydrogens is 322 g/mol. The van der Waals surface area contributed by atoms with Crippen LogP contribution in [0, 0.1) is 0 Å². The predicted molar refractivity (Wildman–Crippen MR) is 99.2 cm³/mol. The van der Waals surface area contributed by atoms with Crippen LogP contribution in [0.5, 0.6) is 0 Å². The molecule has 0 amide bonds. The summed E-state index contributed by atoms with van der Waals surface area (Å²) in [7, 11) is 1.86. The van der Waals surface area contributed by atoms with E-state index >= 15 is 0 Å². The van der Waals surface area contributed by atoms with E-state index in [1.54, 1.807) is 10.9 Å². The smallest absolute Gasteiger partial charge is 0.224 e. The number of fused-ring (bicyclic) bond motifs is 1. The number of aryl methyl sites for hydroxylation is 1. The van der Waals surface area contributed by atoms with Gasteiger partial charge in [-0.25, -0.2) is 9.67 Å². The maximum Gasteiger partial charge on any atom is 0.224 e. The molecule has 0 spiro atoms. The van der Waals surface area contributed by atoms with Gasteiger partial charge in [-0.15, -0.1) is 0 Å². The molecule has 0 fully saturated rings. The third-order valence-electron chi connectivity index (χ3n) is 4.17. The van der Waals surface area contributed by atoms with Crippen molar-refractivity contribution >= 4 is 34.1 Å². The fourth-order valence-corrected chi connectivity index (χ4v) is 3.05. The predicted octanol–water partition coefficient (Wildman–Crippen LogP) is 5.01. The summed E-state index contributed by atoms with van der Waals surface area (Å²) in [5, 5.41) is 9.18. The van der Waals surface area contributed by atoms with E-state index in [-0.39, 0.29) is 5.28 Å². The summed E-state index contributed by atoms with van der Waals surface area (Å²) in [6, 6.07) is 6.45. The number of halogens is 1. The van der Waals surface area contributed by atoms with E-state index in [1.807, 2.05) is 7.05 Å². The van der Waals surface area contributed by atoms with Crippen molar-refractivity contribution in [2.45, 2.75) is 39.5 Å². The number of nitrogens with one attached hydrogen (secondary N) is 1. The first-order valence-corrected chi connectivity index (χ1v) is 8.51. The van der Waals surface area contributed by atoms with Crippen LogP contribution in [0.1, 0.15) is 50.7 Å². The number of hydrogen-bond donors (Lipinski definition) is 1. The molecule has 0 aliphatic rings. The second kappa shape index (κ2) is 6.40. The van der Waals surface area contributed by atoms with Crippen molar-refractivity contribution in [1.29, 1.82) is 0 Å². The lowest BCUT2D eigenvalue weighted by Gasteiger charge is -2.20. The summed E-state index contributed by atoms with van der Waals surface area (Å²) in [6.45, 7) is 8.79. The zero-order chi connectivity index (χ0) is 17.4. The van der Waals surface area contributed by atoms with E-state index in [9.17, 15) is 0 Å². The fraction of sp³-hybridized carbons (Fsp3) is 0.389. The lowest BCUT2D eigenvalue weighted by molar-refractivity contribution is 0.787. The minimum Gasteiger partial charge on any atom is -0.338 e. The Morgan fingerprint density at radius 3 is 2.29 bits per heavy atom. The molecule has 24 heavy (non-hydrogen) atoms. The maximum absolute atomic E-state index is 5.91. The van der Waals surface area contributed by atoms with Crippen LogP contribution in [0.15, 0.2) is 24.4 Å². The third kappa shape index (κ3) is 2.96. The highest BCUT2D eigenvalue weighted by Gasteiger charge is 2.17. The minimum absolute atomic E-state index is 0.225. The zero-order valence-electron chi connectivity index (χ0n) is 14.6. The Balaban J connectivity index is 2.15. The average Bonchev–Trinajstić information content (AvgIpc) is 2.82. The monoisotopic (exact) mass is 343 g/mol. The van der Waals surface area contributed by atoms with Crippen LogP contribution in [-0.2, 0) is 7.05 Å². The Morgan fingerprint density at radius 2 is 1.71 bits per heavy atom. The van der Waals surface area contributed by atoms with Gasteiger partial charge in [-0.2, -0.15) is 10.1 Å². The number of aromatic nitrogens is 4. The topological polar surface area (TPSA) is 55.6 Å². The second-order valence-electron chi connectivity index (χ2n) is 6.59. The van der Waals surface area contributed by atoms with E-state index in [0.29, 0.717) is 17.5 Å². The first-order chi connectivity index (χ1) is 11.4. The zero-order valence-corrected chi connectivity index (χ0v) is 15.4. The highest BCUT2D eigenvalue weighted by molar-refractivity contribution is 6.28. The molecule has 3 rings (SSSR count). The van der Waals surface area contributed by atoms with Crippen molar-refractivity contribution in [3.63, 3.8) is 0 Å². The molecule has 0 atom stereocenters. The molecule has 3 aromatic rings. The molecule has 6 heteroatoms. The molecule has 0 saturated carbocycles. The molecule has 1 N–H and O–H groups in total. The molecule has 0 aliphatic carbocycles. The van der Waals surface area contributed by atoms with Crippen molar-refractivity contribution in [1.82, 2.24) is 19.7 Å². The number of hydrogen-bond acceptors (Lipinski definition) is 4. The lowest BCUT2D eigenvalue weighted by atomic mass is 9.92. The normalized spacial score (nSPS) is 11.7. The van der Waals surface area contributed by atoms with Gasteiger partial charge in [-0.1, -0.05) is 45.9 Å². The van der Waals surface area contributed by atoms with Crippen LogP contribution < -0.4 is 5.32 Å². The Hall–Kier alpha value is -2.14. The van der Waals surface area contributed by atoms with E-state index in [2.05, 4.69) is 66.3 Å². The van der Waals surface area contributed by atoms with E-state index < -0.39 is 0 Å². The van der Waals surface area contributed by atoms with Gasteiger partial charge in [0.25, 0.3) is 0 Å². The van der Waals surface area contributed by atoms with Crippen LogP contribution in [0.3, 0.4) is 0 Å². The molecule has 0 radical (unpaired) electrons. The third-order valence-corrected chi connectivity index (χ3v) is 4.35. The number of para-hydroxylation sites is 1. The van der Waals surface area contributed by atoms with Gasteiger partial charge in [0.2, 0.25) is 5.28 Å². The van der Waals surface area contributed by atoms with Crippen LogP contribution in [0.2, 0.25) is 5.28 Å². The van der Waals surface area contributed by atoms with Gasteiger partial charge in [0.1, 0.15) is 0 Å². The van der Waals surface area contributed by atoms with Crippen LogP contribution in [0.25, 0.3) is 11.0 Å². The van der Waals surface area contributed by atoms with Gasteiger partial charge in [-0.05, 0) is 34.6 Å². The van der Waals surface area contributed by atoms with E-state index in [1.165, 1.54) is 11.1 Å². The SMILES string of the molecule is CC(C)c1cccc(C(C)C)c1Nc1nn(C)c2nc(Cl)ncc12. The molecule has 1 aromatic carbocycles. The molecule has 0 bridgehead atoms. The second-order valence-corrected chi connectivity index (χ2v) is 6.93. The van der Waals surface area contributed by atoms with E-state index in [0.717, 1.165) is 16.9 Å². The number of nitrogens with zero attached hydrogens (tertiary/aromatic N) is 4. The molecule has 5 nitrogen and oxygen atoms in total. The van der Waals surface area contributed by atoms with Crippen molar-refractivity contribution < 1.29 is 0 Å². The van der Waals surface area contributed by atoms with Gasteiger partial charge in [0.15, 0.2) is 11.5 Å². The first kappa shape index (κ1) is 16.7. The Labute approximate surface area is 147 Å². The Kier molecular flexibility index (Phi) is 4.45. The molecule has 2 heterocycles. The standard InChI is InChI=1S/C18H22ClN5/c1-10(2)12-7-6-8-13(11(3)4)15(12)21-16-14-9-20-18(19)22-17(14)24(5)23-16/h6-11H,1-5H3,(H,21,23). The summed E-state index contributed by atoms with van der Waals surface area (Å²) in [5.74, 6) is 1.57. The van der Waals surface area contributed by atoms with Gasteiger partial charge in [-0.3, -0.25) is 0 Å². The van der Waals surface area contributed by atoms with Crippen LogP contribution >= 0.6 is 11.6 Å². The van der Waals surface area contributed by atoms with Crippen LogP contribution in [0.4, 0.5) is 11.5 Å². The average molecular weight is 344 g/mol. The maximum atomic E-state index is 5.91. The number of benzene rings is 1. The molecule has 0 saturated heterocycles. The summed E-state index contributed by atoms with van der Waals surface area (Å²) in [4.78, 5) is 8.37.